The van der Waals surface area contributed by atoms with Crippen molar-refractivity contribution in [3.05, 3.63) is 53.3 Å². The topological polar surface area (TPSA) is 131 Å². The lowest BCUT2D eigenvalue weighted by Gasteiger charge is -2.36. The molecule has 2 aromatic rings. The number of benzene rings is 1. The SMILES string of the molecule is CCN=C(C=CN)Nc1cc(Nc2ccc(N3CCN(CCO)CC3)cc2C(=O)NC)c(Cl)cn1. The number of nitrogens with one attached hydrogen (secondary N) is 3. The van der Waals surface area contributed by atoms with Gasteiger partial charge in [-0.2, -0.15) is 0 Å². The fourth-order valence-corrected chi connectivity index (χ4v) is 3.96. The normalized spacial score (nSPS) is 14.9. The van der Waals surface area contributed by atoms with Crippen molar-refractivity contribution in [2.75, 3.05) is 68.5 Å². The van der Waals surface area contributed by atoms with E-state index in [1.165, 1.54) is 12.4 Å². The van der Waals surface area contributed by atoms with E-state index in [0.29, 0.717) is 46.7 Å². The zero-order valence-corrected chi connectivity index (χ0v) is 20.8. The van der Waals surface area contributed by atoms with Gasteiger partial charge in [0.2, 0.25) is 0 Å². The number of carbonyl (C=O) groups is 1. The van der Waals surface area contributed by atoms with Crippen molar-refractivity contribution in [3.8, 4) is 0 Å². The van der Waals surface area contributed by atoms with Gasteiger partial charge in [-0.05, 0) is 37.4 Å². The fraction of sp³-hybridized carbons (Fsp3) is 0.375. The van der Waals surface area contributed by atoms with Crippen LogP contribution >= 0.6 is 11.6 Å². The Balaban J connectivity index is 1.84. The zero-order valence-electron chi connectivity index (χ0n) is 20.1. The molecule has 1 aromatic carbocycles. The minimum Gasteiger partial charge on any atom is -0.404 e. The number of aliphatic imine (C=N–C) groups is 1. The molecule has 1 amide bonds. The van der Waals surface area contributed by atoms with Crippen molar-refractivity contribution in [2.45, 2.75) is 6.92 Å². The maximum Gasteiger partial charge on any atom is 0.253 e. The quantitative estimate of drug-likeness (QED) is 0.262. The molecule has 2 heterocycles. The Morgan fingerprint density at radius 2 is 2.03 bits per heavy atom. The first-order chi connectivity index (χ1) is 17.0. The minimum absolute atomic E-state index is 0.159. The lowest BCUT2D eigenvalue weighted by molar-refractivity contribution is 0.0964. The van der Waals surface area contributed by atoms with Crippen LogP contribution in [0.15, 0.2) is 47.7 Å². The van der Waals surface area contributed by atoms with Crippen LogP contribution in [0.5, 0.6) is 0 Å². The molecule has 0 unspecified atom stereocenters. The molecular formula is C24H33ClN8O2. The molecule has 0 atom stereocenters. The van der Waals surface area contributed by atoms with Gasteiger partial charge in [-0.15, -0.1) is 0 Å². The van der Waals surface area contributed by atoms with Crippen LogP contribution in [0.25, 0.3) is 0 Å². The molecular weight excluding hydrogens is 468 g/mol. The molecule has 0 radical (unpaired) electrons. The molecule has 0 spiro atoms. The molecule has 188 valence electrons. The highest BCUT2D eigenvalue weighted by Crippen LogP contribution is 2.31. The number of piperazine rings is 1. The van der Waals surface area contributed by atoms with Crippen LogP contribution in [0, 0.1) is 0 Å². The number of amidine groups is 1. The van der Waals surface area contributed by atoms with E-state index < -0.39 is 0 Å². The number of rotatable bonds is 9. The van der Waals surface area contributed by atoms with Crippen LogP contribution in [-0.4, -0.2) is 79.7 Å². The molecule has 35 heavy (non-hydrogen) atoms. The van der Waals surface area contributed by atoms with Crippen molar-refractivity contribution < 1.29 is 9.90 Å². The Bertz CT molecular complexity index is 1070. The third-order valence-electron chi connectivity index (χ3n) is 5.59. The van der Waals surface area contributed by atoms with Gasteiger partial charge in [0.1, 0.15) is 11.7 Å². The Hall–Kier alpha value is -3.34. The second-order valence-corrected chi connectivity index (χ2v) is 8.29. The standard InChI is InChI=1S/C24H33ClN8O2/c1-3-28-22(6-7-26)31-23-15-21(19(25)16-29-23)30-20-5-4-17(14-18(20)24(35)27-2)33-10-8-32(9-11-33)12-13-34/h4-7,14-16,34H,3,8-13,26H2,1-2H3,(H,27,35)(H2,28,29,30,31). The molecule has 1 fully saturated rings. The number of aliphatic hydroxyl groups excluding tert-OH is 1. The average Bonchev–Trinajstić information content (AvgIpc) is 2.87. The van der Waals surface area contributed by atoms with E-state index in [2.05, 4.69) is 35.7 Å². The summed E-state index contributed by atoms with van der Waals surface area (Å²) in [6.07, 6.45) is 4.58. The first kappa shape index (κ1) is 26.3. The number of hydrogen-bond donors (Lipinski definition) is 5. The van der Waals surface area contributed by atoms with Crippen molar-refractivity contribution >= 4 is 46.2 Å². The molecule has 3 rings (SSSR count). The summed E-state index contributed by atoms with van der Waals surface area (Å²) in [6.45, 7) is 6.72. The van der Waals surface area contributed by atoms with E-state index >= 15 is 0 Å². The summed E-state index contributed by atoms with van der Waals surface area (Å²) in [7, 11) is 1.60. The van der Waals surface area contributed by atoms with Gasteiger partial charge in [0.05, 0.1) is 34.8 Å². The fourth-order valence-electron chi connectivity index (χ4n) is 3.81. The van der Waals surface area contributed by atoms with Crippen LogP contribution in [0.2, 0.25) is 5.02 Å². The summed E-state index contributed by atoms with van der Waals surface area (Å²) in [4.78, 5) is 25.8. The summed E-state index contributed by atoms with van der Waals surface area (Å²) in [5.41, 5.74) is 8.19. The van der Waals surface area contributed by atoms with E-state index in [1.54, 1.807) is 19.2 Å². The van der Waals surface area contributed by atoms with Crippen molar-refractivity contribution in [3.63, 3.8) is 0 Å². The van der Waals surface area contributed by atoms with E-state index in [1.807, 2.05) is 25.1 Å². The largest absolute Gasteiger partial charge is 0.404 e. The number of amides is 1. The third kappa shape index (κ3) is 7.08. The Morgan fingerprint density at radius 3 is 2.69 bits per heavy atom. The van der Waals surface area contributed by atoms with Gasteiger partial charge < -0.3 is 31.7 Å². The highest BCUT2D eigenvalue weighted by Gasteiger charge is 2.20. The predicted octanol–water partition coefficient (Wildman–Crippen LogP) is 2.26. The van der Waals surface area contributed by atoms with Gasteiger partial charge >= 0.3 is 0 Å². The molecule has 1 aliphatic heterocycles. The minimum atomic E-state index is -0.206. The van der Waals surface area contributed by atoms with Crippen LogP contribution in [-0.2, 0) is 0 Å². The highest BCUT2D eigenvalue weighted by molar-refractivity contribution is 6.33. The van der Waals surface area contributed by atoms with Crippen LogP contribution < -0.4 is 26.6 Å². The molecule has 1 aromatic heterocycles. The Labute approximate surface area is 210 Å². The molecule has 10 nitrogen and oxygen atoms in total. The van der Waals surface area contributed by atoms with Crippen LogP contribution in [0.4, 0.5) is 22.9 Å². The second kappa shape index (κ2) is 12.9. The molecule has 6 N–H and O–H groups in total. The van der Waals surface area contributed by atoms with Gasteiger partial charge in [-0.1, -0.05) is 11.6 Å². The predicted molar refractivity (Wildman–Crippen MR) is 143 cm³/mol. The smallest absolute Gasteiger partial charge is 0.253 e. The molecule has 11 heteroatoms. The molecule has 0 aliphatic carbocycles. The van der Waals surface area contributed by atoms with E-state index in [9.17, 15) is 4.79 Å². The van der Waals surface area contributed by atoms with E-state index in [4.69, 9.17) is 22.4 Å². The molecule has 0 saturated carbocycles. The Kier molecular flexibility index (Phi) is 9.71. The van der Waals surface area contributed by atoms with Gasteiger partial charge in [-0.25, -0.2) is 4.98 Å². The number of β-amino-alcohol motifs (C(OH)–C–C–N with tert-alkyl or cyclic N) is 1. The van der Waals surface area contributed by atoms with Crippen LogP contribution in [0.3, 0.4) is 0 Å². The number of hydrogen-bond acceptors (Lipinski definition) is 8. The van der Waals surface area contributed by atoms with Gasteiger partial charge in [0, 0.05) is 58.1 Å². The number of halogens is 1. The lowest BCUT2D eigenvalue weighted by atomic mass is 10.1. The summed E-state index contributed by atoms with van der Waals surface area (Å²) in [5, 5.41) is 18.7. The van der Waals surface area contributed by atoms with E-state index in [-0.39, 0.29) is 12.5 Å². The van der Waals surface area contributed by atoms with E-state index in [0.717, 1.165) is 31.9 Å². The molecule has 1 saturated heterocycles. The second-order valence-electron chi connectivity index (χ2n) is 7.88. The number of nitrogens with two attached hydrogens (primary N) is 1. The third-order valence-corrected chi connectivity index (χ3v) is 5.89. The van der Waals surface area contributed by atoms with Crippen molar-refractivity contribution in [2.24, 2.45) is 10.7 Å². The monoisotopic (exact) mass is 500 g/mol. The maximum atomic E-state index is 12.7. The zero-order chi connectivity index (χ0) is 25.2. The van der Waals surface area contributed by atoms with Gasteiger partial charge in [-0.3, -0.25) is 14.7 Å². The first-order valence-corrected chi connectivity index (χ1v) is 11.9. The number of pyridine rings is 1. The average molecular weight is 501 g/mol. The number of nitrogens with zero attached hydrogens (tertiary/aromatic N) is 4. The highest BCUT2D eigenvalue weighted by atomic mass is 35.5. The van der Waals surface area contributed by atoms with Gasteiger partial charge in [0.25, 0.3) is 5.91 Å². The molecule has 1 aliphatic rings. The number of aliphatic hydroxyl groups is 1. The number of carbonyl (C=O) groups excluding carboxylic acids is 1. The lowest BCUT2D eigenvalue weighted by Crippen LogP contribution is -2.47. The summed E-state index contributed by atoms with van der Waals surface area (Å²) >= 11 is 6.41. The summed E-state index contributed by atoms with van der Waals surface area (Å²) in [5.74, 6) is 0.897. The van der Waals surface area contributed by atoms with Crippen molar-refractivity contribution in [1.29, 1.82) is 0 Å². The Morgan fingerprint density at radius 1 is 1.26 bits per heavy atom. The first-order valence-electron chi connectivity index (χ1n) is 11.6. The van der Waals surface area contributed by atoms with Crippen LogP contribution in [0.1, 0.15) is 17.3 Å². The summed E-state index contributed by atoms with van der Waals surface area (Å²) in [6, 6.07) is 7.50. The summed E-state index contributed by atoms with van der Waals surface area (Å²) < 4.78 is 0. The van der Waals surface area contributed by atoms with Crippen molar-refractivity contribution in [1.82, 2.24) is 15.2 Å². The number of aromatic nitrogens is 1. The van der Waals surface area contributed by atoms with Gasteiger partial charge in [0.15, 0.2) is 0 Å². The molecule has 0 bridgehead atoms. The number of anilines is 4. The maximum absolute atomic E-state index is 12.7.